The van der Waals surface area contributed by atoms with Crippen LogP contribution in [0.5, 0.6) is 11.5 Å². The second kappa shape index (κ2) is 8.28. The molecule has 1 amide bonds. The van der Waals surface area contributed by atoms with Gasteiger partial charge in [0, 0.05) is 6.08 Å². The van der Waals surface area contributed by atoms with Crippen molar-refractivity contribution in [3.05, 3.63) is 64.7 Å². The van der Waals surface area contributed by atoms with E-state index >= 15 is 0 Å². The zero-order valence-corrected chi connectivity index (χ0v) is 15.6. The van der Waals surface area contributed by atoms with E-state index in [2.05, 4.69) is 17.4 Å². The zero-order valence-electron chi connectivity index (χ0n) is 14.9. The summed E-state index contributed by atoms with van der Waals surface area (Å²) < 4.78 is 10.5. The van der Waals surface area contributed by atoms with Gasteiger partial charge in [0.1, 0.15) is 0 Å². The Labute approximate surface area is 158 Å². The number of hydrogen-bond acceptors (Lipinski definition) is 3. The number of carbonyl (C=O) groups is 1. The third-order valence-corrected chi connectivity index (χ3v) is 4.71. The highest BCUT2D eigenvalue weighted by molar-refractivity contribution is 6.32. The molecule has 4 nitrogen and oxygen atoms in total. The first kappa shape index (κ1) is 18.3. The van der Waals surface area contributed by atoms with Gasteiger partial charge >= 0.3 is 0 Å². The van der Waals surface area contributed by atoms with Crippen molar-refractivity contribution in [3.8, 4) is 11.5 Å². The molecule has 0 heterocycles. The Morgan fingerprint density at radius 1 is 1.19 bits per heavy atom. The molecule has 2 aromatic carbocycles. The van der Waals surface area contributed by atoms with Gasteiger partial charge in [0.2, 0.25) is 5.91 Å². The Morgan fingerprint density at radius 2 is 1.92 bits per heavy atom. The van der Waals surface area contributed by atoms with Crippen LogP contribution < -0.4 is 14.8 Å². The van der Waals surface area contributed by atoms with Crippen LogP contribution in [0.2, 0.25) is 5.02 Å². The Kier molecular flexibility index (Phi) is 5.84. The Bertz CT molecular complexity index is 800. The second-order valence-corrected chi connectivity index (χ2v) is 6.71. The maximum absolute atomic E-state index is 12.4. The van der Waals surface area contributed by atoms with Crippen LogP contribution in [0.3, 0.4) is 0 Å². The molecule has 2 aromatic rings. The lowest BCUT2D eigenvalue weighted by Gasteiger charge is -2.17. The summed E-state index contributed by atoms with van der Waals surface area (Å²) in [6.45, 7) is 0. The number of nitrogens with one attached hydrogen (secondary N) is 1. The average molecular weight is 372 g/mol. The first-order chi connectivity index (χ1) is 12.6. The topological polar surface area (TPSA) is 47.6 Å². The molecule has 136 valence electrons. The van der Waals surface area contributed by atoms with E-state index in [1.165, 1.54) is 13.2 Å². The molecule has 1 unspecified atom stereocenters. The predicted molar refractivity (Wildman–Crippen MR) is 104 cm³/mol. The van der Waals surface area contributed by atoms with Crippen molar-refractivity contribution in [1.29, 1.82) is 0 Å². The average Bonchev–Trinajstić information content (AvgIpc) is 3.49. The standard InChI is InChI=1S/C21H22ClNO3/c1-25-18-13-14(12-17(22)21(18)26-2)8-11-19(24)23-20(16-9-10-16)15-6-4-3-5-7-15/h3-8,11-13,16,20H,9-10H2,1-2H3,(H,23,24)/b11-8+. The van der Waals surface area contributed by atoms with E-state index < -0.39 is 0 Å². The van der Waals surface area contributed by atoms with Gasteiger partial charge < -0.3 is 14.8 Å². The largest absolute Gasteiger partial charge is 0.493 e. The molecular formula is C21H22ClNO3. The summed E-state index contributed by atoms with van der Waals surface area (Å²) >= 11 is 6.20. The Balaban J connectivity index is 1.72. The fourth-order valence-electron chi connectivity index (χ4n) is 2.97. The Morgan fingerprint density at radius 3 is 2.54 bits per heavy atom. The molecule has 0 radical (unpaired) electrons. The summed E-state index contributed by atoms with van der Waals surface area (Å²) in [4.78, 5) is 12.4. The molecule has 1 atom stereocenters. The highest BCUT2D eigenvalue weighted by Crippen LogP contribution is 2.41. The number of methoxy groups -OCH3 is 2. The lowest BCUT2D eigenvalue weighted by molar-refractivity contribution is -0.117. The molecule has 1 aliphatic carbocycles. The van der Waals surface area contributed by atoms with E-state index in [0.717, 1.165) is 24.0 Å². The quantitative estimate of drug-likeness (QED) is 0.721. The molecule has 0 aliphatic heterocycles. The van der Waals surface area contributed by atoms with Crippen LogP contribution in [0.1, 0.15) is 30.0 Å². The van der Waals surface area contributed by atoms with Crippen LogP contribution >= 0.6 is 11.6 Å². The summed E-state index contributed by atoms with van der Waals surface area (Å²) in [6.07, 6.45) is 5.54. The van der Waals surface area contributed by atoms with Gasteiger partial charge in [0.15, 0.2) is 11.5 Å². The van der Waals surface area contributed by atoms with E-state index in [-0.39, 0.29) is 11.9 Å². The molecule has 0 spiro atoms. The van der Waals surface area contributed by atoms with Gasteiger partial charge in [0.05, 0.1) is 25.3 Å². The van der Waals surface area contributed by atoms with Crippen molar-refractivity contribution in [3.63, 3.8) is 0 Å². The minimum atomic E-state index is -0.128. The first-order valence-electron chi connectivity index (χ1n) is 8.57. The molecule has 1 aliphatic rings. The van der Waals surface area contributed by atoms with Crippen LogP contribution in [0, 0.1) is 5.92 Å². The molecular weight excluding hydrogens is 350 g/mol. The van der Waals surface area contributed by atoms with Crippen LogP contribution in [0.15, 0.2) is 48.5 Å². The van der Waals surface area contributed by atoms with E-state index in [9.17, 15) is 4.79 Å². The monoisotopic (exact) mass is 371 g/mol. The maximum Gasteiger partial charge on any atom is 0.244 e. The SMILES string of the molecule is COc1cc(/C=C/C(=O)NC(c2ccccc2)C2CC2)cc(Cl)c1OC. The van der Waals surface area contributed by atoms with Crippen molar-refractivity contribution in [2.24, 2.45) is 5.92 Å². The Hall–Kier alpha value is -2.46. The molecule has 0 saturated heterocycles. The first-order valence-corrected chi connectivity index (χ1v) is 8.95. The smallest absolute Gasteiger partial charge is 0.244 e. The van der Waals surface area contributed by atoms with Gasteiger partial charge in [0.25, 0.3) is 0 Å². The lowest BCUT2D eigenvalue weighted by atomic mass is 10.0. The van der Waals surface area contributed by atoms with Crippen LogP contribution in [0.25, 0.3) is 6.08 Å². The van der Waals surface area contributed by atoms with Crippen LogP contribution in [0.4, 0.5) is 0 Å². The number of ether oxygens (including phenoxy) is 2. The van der Waals surface area contributed by atoms with E-state index in [4.69, 9.17) is 21.1 Å². The van der Waals surface area contributed by atoms with E-state index in [1.807, 2.05) is 18.2 Å². The molecule has 26 heavy (non-hydrogen) atoms. The van der Waals surface area contributed by atoms with Crippen molar-refractivity contribution >= 4 is 23.6 Å². The molecule has 0 bridgehead atoms. The molecule has 1 fully saturated rings. The third kappa shape index (κ3) is 4.38. The minimum absolute atomic E-state index is 0.0577. The van der Waals surface area contributed by atoms with Crippen molar-refractivity contribution < 1.29 is 14.3 Å². The molecule has 1 saturated carbocycles. The number of carbonyl (C=O) groups excluding carboxylic acids is 1. The number of amides is 1. The van der Waals surface area contributed by atoms with Crippen molar-refractivity contribution in [2.45, 2.75) is 18.9 Å². The molecule has 0 aromatic heterocycles. The summed E-state index contributed by atoms with van der Waals surface area (Å²) in [6, 6.07) is 13.7. The maximum atomic E-state index is 12.4. The van der Waals surface area contributed by atoms with Gasteiger partial charge in [-0.05, 0) is 48.1 Å². The number of halogens is 1. The van der Waals surface area contributed by atoms with Crippen LogP contribution in [-0.2, 0) is 4.79 Å². The van der Waals surface area contributed by atoms with Crippen molar-refractivity contribution in [1.82, 2.24) is 5.32 Å². The fraction of sp³-hybridized carbons (Fsp3) is 0.286. The minimum Gasteiger partial charge on any atom is -0.493 e. The molecule has 1 N–H and O–H groups in total. The van der Waals surface area contributed by atoms with Gasteiger partial charge in [-0.1, -0.05) is 41.9 Å². The summed E-state index contributed by atoms with van der Waals surface area (Å²) in [5, 5.41) is 3.55. The van der Waals surface area contributed by atoms with Gasteiger partial charge in [-0.3, -0.25) is 4.79 Å². The second-order valence-electron chi connectivity index (χ2n) is 6.31. The van der Waals surface area contributed by atoms with E-state index in [0.29, 0.717) is 22.4 Å². The number of hydrogen-bond donors (Lipinski definition) is 1. The summed E-state index contributed by atoms with van der Waals surface area (Å²) in [7, 11) is 3.09. The normalized spacial score (nSPS) is 14.9. The van der Waals surface area contributed by atoms with Gasteiger partial charge in [-0.25, -0.2) is 0 Å². The molecule has 5 heteroatoms. The van der Waals surface area contributed by atoms with E-state index in [1.54, 1.807) is 25.3 Å². The summed E-state index contributed by atoms with van der Waals surface area (Å²) in [5.41, 5.74) is 1.91. The number of benzene rings is 2. The number of rotatable bonds is 7. The van der Waals surface area contributed by atoms with Gasteiger partial charge in [-0.15, -0.1) is 0 Å². The highest BCUT2D eigenvalue weighted by atomic mass is 35.5. The third-order valence-electron chi connectivity index (χ3n) is 4.43. The van der Waals surface area contributed by atoms with Gasteiger partial charge in [-0.2, -0.15) is 0 Å². The lowest BCUT2D eigenvalue weighted by Crippen LogP contribution is -2.28. The summed E-state index contributed by atoms with van der Waals surface area (Å²) in [5.74, 6) is 1.40. The fourth-order valence-corrected chi connectivity index (χ4v) is 3.27. The highest BCUT2D eigenvalue weighted by Gasteiger charge is 2.32. The van der Waals surface area contributed by atoms with Crippen molar-refractivity contribution in [2.75, 3.05) is 14.2 Å². The van der Waals surface area contributed by atoms with Crippen LogP contribution in [-0.4, -0.2) is 20.1 Å². The zero-order chi connectivity index (χ0) is 18.5. The predicted octanol–water partition coefficient (Wildman–Crippen LogP) is 4.64. The molecule has 3 rings (SSSR count).